The topological polar surface area (TPSA) is 50.4 Å². The molecule has 4 nitrogen and oxygen atoms in total. The van der Waals surface area contributed by atoms with Crippen LogP contribution in [0, 0.1) is 0 Å². The lowest BCUT2D eigenvalue weighted by Crippen LogP contribution is -2.22. The van der Waals surface area contributed by atoms with Crippen molar-refractivity contribution in [1.29, 1.82) is 0 Å². The number of carbonyl (C=O) groups is 1. The van der Waals surface area contributed by atoms with Crippen LogP contribution in [0.2, 0.25) is 0 Å². The summed E-state index contributed by atoms with van der Waals surface area (Å²) in [5, 5.41) is 4.94. The molecule has 0 aromatic heterocycles. The molecule has 0 bridgehead atoms. The molecule has 0 saturated carbocycles. The minimum atomic E-state index is -4.34. The number of hydrogen-bond acceptors (Lipinski definition) is 3. The molecule has 0 radical (unpaired) electrons. The highest BCUT2D eigenvalue weighted by Crippen LogP contribution is 2.27. The Morgan fingerprint density at radius 1 is 1.12 bits per heavy atom. The van der Waals surface area contributed by atoms with E-state index in [0.29, 0.717) is 17.9 Å². The SMILES string of the molecule is O=C(Nc1ccccc1NCC(F)(F)F)c1ccc2c(c1)CCO2. The standard InChI is InChI=1S/C17H15F3N2O2/c18-17(19,20)10-21-13-3-1-2-4-14(13)22-16(23)12-5-6-15-11(9-12)7-8-24-15/h1-6,9,21H,7-8,10H2,(H,22,23). The number of carbonyl (C=O) groups excluding carboxylic acids is 1. The smallest absolute Gasteiger partial charge is 0.405 e. The molecule has 2 N–H and O–H groups in total. The first-order valence-corrected chi connectivity index (χ1v) is 7.39. The maximum atomic E-state index is 12.4. The van der Waals surface area contributed by atoms with E-state index in [1.54, 1.807) is 36.4 Å². The predicted molar refractivity (Wildman–Crippen MR) is 84.6 cm³/mol. The van der Waals surface area contributed by atoms with Crippen molar-refractivity contribution in [2.75, 3.05) is 23.8 Å². The molecule has 1 heterocycles. The molecule has 1 aliphatic heterocycles. The first-order valence-electron chi connectivity index (χ1n) is 7.39. The van der Waals surface area contributed by atoms with Crippen molar-refractivity contribution in [2.45, 2.75) is 12.6 Å². The van der Waals surface area contributed by atoms with Crippen LogP contribution < -0.4 is 15.4 Å². The number of ether oxygens (including phenoxy) is 1. The van der Waals surface area contributed by atoms with Crippen LogP contribution in [-0.4, -0.2) is 25.2 Å². The minimum absolute atomic E-state index is 0.215. The summed E-state index contributed by atoms with van der Waals surface area (Å²) in [6, 6.07) is 11.4. The Morgan fingerprint density at radius 2 is 1.88 bits per heavy atom. The van der Waals surface area contributed by atoms with Crippen molar-refractivity contribution >= 4 is 17.3 Å². The van der Waals surface area contributed by atoms with Gasteiger partial charge in [-0.25, -0.2) is 0 Å². The van der Waals surface area contributed by atoms with Crippen LogP contribution in [0.1, 0.15) is 15.9 Å². The highest BCUT2D eigenvalue weighted by atomic mass is 19.4. The van der Waals surface area contributed by atoms with Crippen LogP contribution in [-0.2, 0) is 6.42 Å². The van der Waals surface area contributed by atoms with Crippen molar-refractivity contribution < 1.29 is 22.7 Å². The number of para-hydroxylation sites is 2. The van der Waals surface area contributed by atoms with Crippen molar-refractivity contribution in [3.63, 3.8) is 0 Å². The van der Waals surface area contributed by atoms with Gasteiger partial charge in [0.25, 0.3) is 5.91 Å². The van der Waals surface area contributed by atoms with Gasteiger partial charge < -0.3 is 15.4 Å². The van der Waals surface area contributed by atoms with E-state index >= 15 is 0 Å². The fraction of sp³-hybridized carbons (Fsp3) is 0.235. The number of hydrogen-bond donors (Lipinski definition) is 2. The van der Waals surface area contributed by atoms with Gasteiger partial charge >= 0.3 is 6.18 Å². The zero-order valence-corrected chi connectivity index (χ0v) is 12.6. The van der Waals surface area contributed by atoms with Gasteiger partial charge in [0.05, 0.1) is 18.0 Å². The summed E-state index contributed by atoms with van der Waals surface area (Å²) < 4.78 is 42.5. The Morgan fingerprint density at radius 3 is 2.62 bits per heavy atom. The molecule has 0 spiro atoms. The van der Waals surface area contributed by atoms with Gasteiger partial charge in [0.2, 0.25) is 0 Å². The number of rotatable bonds is 4. The number of alkyl halides is 3. The molecule has 0 aliphatic carbocycles. The second-order valence-electron chi connectivity index (χ2n) is 5.39. The van der Waals surface area contributed by atoms with Crippen molar-refractivity contribution in [1.82, 2.24) is 0 Å². The zero-order chi connectivity index (χ0) is 17.2. The second kappa shape index (κ2) is 6.43. The van der Waals surface area contributed by atoms with Crippen LogP contribution >= 0.6 is 0 Å². The molecule has 3 rings (SSSR count). The number of benzene rings is 2. The normalized spacial score (nSPS) is 13.1. The van der Waals surface area contributed by atoms with Gasteiger partial charge in [-0.05, 0) is 35.9 Å². The van der Waals surface area contributed by atoms with Crippen LogP contribution in [0.5, 0.6) is 5.75 Å². The number of amides is 1. The van der Waals surface area contributed by atoms with E-state index in [1.807, 2.05) is 0 Å². The number of halogens is 3. The lowest BCUT2D eigenvalue weighted by Gasteiger charge is -2.14. The van der Waals surface area contributed by atoms with E-state index in [-0.39, 0.29) is 11.6 Å². The maximum Gasteiger partial charge on any atom is 0.405 e. The maximum absolute atomic E-state index is 12.4. The van der Waals surface area contributed by atoms with Gasteiger partial charge in [-0.2, -0.15) is 13.2 Å². The molecule has 0 unspecified atom stereocenters. The van der Waals surface area contributed by atoms with E-state index < -0.39 is 12.7 Å². The minimum Gasteiger partial charge on any atom is -0.493 e. The highest BCUT2D eigenvalue weighted by Gasteiger charge is 2.27. The number of fused-ring (bicyclic) bond motifs is 1. The Bertz CT molecular complexity index is 760. The molecule has 1 aliphatic rings. The summed E-state index contributed by atoms with van der Waals surface area (Å²) in [6.07, 6.45) is -3.60. The monoisotopic (exact) mass is 336 g/mol. The second-order valence-corrected chi connectivity index (χ2v) is 5.39. The number of anilines is 2. The average Bonchev–Trinajstić information content (AvgIpc) is 3.00. The van der Waals surface area contributed by atoms with E-state index in [1.165, 1.54) is 6.07 Å². The summed E-state index contributed by atoms with van der Waals surface area (Å²) in [5.74, 6) is 0.379. The Hall–Kier alpha value is -2.70. The summed E-state index contributed by atoms with van der Waals surface area (Å²) in [6.45, 7) is -0.583. The molecular weight excluding hydrogens is 321 g/mol. The van der Waals surface area contributed by atoms with Crippen molar-refractivity contribution in [3.05, 3.63) is 53.6 Å². The third-order valence-corrected chi connectivity index (χ3v) is 3.61. The lowest BCUT2D eigenvalue weighted by atomic mass is 10.1. The Kier molecular flexibility index (Phi) is 4.33. The molecule has 2 aromatic rings. The Balaban J connectivity index is 1.75. The molecule has 24 heavy (non-hydrogen) atoms. The Labute approximate surface area is 136 Å². The van der Waals surface area contributed by atoms with Gasteiger partial charge in [-0.15, -0.1) is 0 Å². The van der Waals surface area contributed by atoms with E-state index in [4.69, 9.17) is 4.74 Å². The molecule has 126 valence electrons. The first-order chi connectivity index (χ1) is 11.4. The van der Waals surface area contributed by atoms with Crippen molar-refractivity contribution in [3.8, 4) is 5.75 Å². The molecular formula is C17H15F3N2O2. The van der Waals surface area contributed by atoms with Gasteiger partial charge in [0.1, 0.15) is 12.3 Å². The van der Waals surface area contributed by atoms with E-state index in [9.17, 15) is 18.0 Å². The molecule has 0 fully saturated rings. The molecule has 2 aromatic carbocycles. The average molecular weight is 336 g/mol. The van der Waals surface area contributed by atoms with E-state index in [2.05, 4.69) is 10.6 Å². The fourth-order valence-corrected chi connectivity index (χ4v) is 2.46. The summed E-state index contributed by atoms with van der Waals surface area (Å²) in [4.78, 5) is 12.4. The lowest BCUT2D eigenvalue weighted by molar-refractivity contribution is -0.115. The van der Waals surface area contributed by atoms with Gasteiger partial charge in [-0.1, -0.05) is 12.1 Å². The molecule has 0 saturated heterocycles. The quantitative estimate of drug-likeness (QED) is 0.892. The molecule has 0 atom stereocenters. The zero-order valence-electron chi connectivity index (χ0n) is 12.6. The number of nitrogens with one attached hydrogen (secondary N) is 2. The summed E-state index contributed by atoms with van der Waals surface area (Å²) >= 11 is 0. The van der Waals surface area contributed by atoms with Crippen LogP contribution in [0.4, 0.5) is 24.5 Å². The van der Waals surface area contributed by atoms with Crippen LogP contribution in [0.25, 0.3) is 0 Å². The van der Waals surface area contributed by atoms with Gasteiger partial charge in [0, 0.05) is 12.0 Å². The van der Waals surface area contributed by atoms with Crippen LogP contribution in [0.15, 0.2) is 42.5 Å². The van der Waals surface area contributed by atoms with Crippen molar-refractivity contribution in [2.24, 2.45) is 0 Å². The van der Waals surface area contributed by atoms with E-state index in [0.717, 1.165) is 17.7 Å². The molecule has 7 heteroatoms. The van der Waals surface area contributed by atoms with Gasteiger partial charge in [-0.3, -0.25) is 4.79 Å². The molecule has 1 amide bonds. The third-order valence-electron chi connectivity index (χ3n) is 3.61. The largest absolute Gasteiger partial charge is 0.493 e. The summed E-state index contributed by atoms with van der Waals surface area (Å²) in [5.41, 5.74) is 1.90. The predicted octanol–water partition coefficient (Wildman–Crippen LogP) is 3.85. The third kappa shape index (κ3) is 3.79. The highest BCUT2D eigenvalue weighted by molar-refractivity contribution is 6.06. The summed E-state index contributed by atoms with van der Waals surface area (Å²) in [7, 11) is 0. The van der Waals surface area contributed by atoms with Crippen LogP contribution in [0.3, 0.4) is 0 Å². The van der Waals surface area contributed by atoms with Gasteiger partial charge in [0.15, 0.2) is 0 Å². The fourth-order valence-electron chi connectivity index (χ4n) is 2.46. The first kappa shape index (κ1) is 16.2.